The molecule has 0 spiro atoms. The Balaban J connectivity index is 2.18. The molecule has 1 aromatic carbocycles. The number of carbonyl (C=O) groups is 1. The van der Waals surface area contributed by atoms with Gasteiger partial charge in [0.25, 0.3) is 5.91 Å². The second-order valence-corrected chi connectivity index (χ2v) is 3.63. The number of rotatable bonds is 2. The summed E-state index contributed by atoms with van der Waals surface area (Å²) in [5.74, 6) is -0.320. The number of carbonyl (C=O) groups excluding carboxylic acids is 1. The van der Waals surface area contributed by atoms with Crippen LogP contribution in [0.15, 0.2) is 42.6 Å². The normalized spacial score (nSPS) is 10.0. The van der Waals surface area contributed by atoms with Crippen LogP contribution < -0.4 is 5.32 Å². The molecule has 0 radical (unpaired) electrons. The van der Waals surface area contributed by atoms with Crippen molar-refractivity contribution < 1.29 is 9.18 Å². The second-order valence-electron chi connectivity index (χ2n) is 3.63. The number of halogens is 1. The zero-order valence-corrected chi connectivity index (χ0v) is 9.27. The number of pyridine rings is 1. The number of nitrogens with one attached hydrogen (secondary N) is 1. The van der Waals surface area contributed by atoms with Gasteiger partial charge in [-0.2, -0.15) is 0 Å². The van der Waals surface area contributed by atoms with Crippen molar-refractivity contribution in [3.05, 3.63) is 59.5 Å². The number of nitrogens with zero attached hydrogens (tertiary/aromatic N) is 1. The largest absolute Gasteiger partial charge is 0.307 e. The first-order valence-corrected chi connectivity index (χ1v) is 5.15. The average molecular weight is 230 g/mol. The molecule has 0 unspecified atom stereocenters. The predicted molar refractivity (Wildman–Crippen MR) is 63.3 cm³/mol. The molecule has 1 N–H and O–H groups in total. The summed E-state index contributed by atoms with van der Waals surface area (Å²) in [6.07, 6.45) is 1.57. The van der Waals surface area contributed by atoms with Crippen molar-refractivity contribution in [1.29, 1.82) is 0 Å². The summed E-state index contributed by atoms with van der Waals surface area (Å²) in [5.41, 5.74) is 0.790. The molecule has 1 amide bonds. The molecular formula is C13H11FN2O. The third-order valence-electron chi connectivity index (χ3n) is 2.34. The molecule has 1 aromatic heterocycles. The molecule has 0 aliphatic heterocycles. The highest BCUT2D eigenvalue weighted by Gasteiger charge is 2.08. The Bertz CT molecular complexity index is 540. The van der Waals surface area contributed by atoms with Gasteiger partial charge in [0.05, 0.1) is 0 Å². The molecule has 0 aliphatic carbocycles. The van der Waals surface area contributed by atoms with Gasteiger partial charge in [-0.05, 0) is 36.8 Å². The maximum Gasteiger partial charge on any atom is 0.256 e. The summed E-state index contributed by atoms with van der Waals surface area (Å²) in [5, 5.41) is 2.59. The molecule has 2 rings (SSSR count). The van der Waals surface area contributed by atoms with Crippen molar-refractivity contribution in [3.63, 3.8) is 0 Å². The molecule has 0 atom stereocenters. The van der Waals surface area contributed by atoms with Gasteiger partial charge in [-0.25, -0.2) is 9.37 Å². The molecule has 2 aromatic rings. The van der Waals surface area contributed by atoms with Crippen molar-refractivity contribution >= 4 is 11.7 Å². The summed E-state index contributed by atoms with van der Waals surface area (Å²) in [7, 11) is 0. The van der Waals surface area contributed by atoms with Gasteiger partial charge in [0.15, 0.2) is 0 Å². The highest BCUT2D eigenvalue weighted by atomic mass is 19.1. The number of hydrogen-bond acceptors (Lipinski definition) is 2. The Kier molecular flexibility index (Phi) is 3.14. The predicted octanol–water partition coefficient (Wildman–Crippen LogP) is 2.78. The summed E-state index contributed by atoms with van der Waals surface area (Å²) in [6.45, 7) is 1.65. The number of hydrogen-bond donors (Lipinski definition) is 1. The Morgan fingerprint density at radius 2 is 2.12 bits per heavy atom. The molecule has 17 heavy (non-hydrogen) atoms. The fraction of sp³-hybridized carbons (Fsp3) is 0.0769. The number of benzene rings is 1. The van der Waals surface area contributed by atoms with Gasteiger partial charge in [-0.3, -0.25) is 4.79 Å². The first-order chi connectivity index (χ1) is 8.16. The van der Waals surface area contributed by atoms with Gasteiger partial charge in [0.1, 0.15) is 11.6 Å². The zero-order chi connectivity index (χ0) is 12.3. The molecule has 86 valence electrons. The first-order valence-electron chi connectivity index (χ1n) is 5.15. The van der Waals surface area contributed by atoms with Crippen molar-refractivity contribution in [3.8, 4) is 0 Å². The molecule has 0 bridgehead atoms. The molecular weight excluding hydrogens is 219 g/mol. The van der Waals surface area contributed by atoms with E-state index >= 15 is 0 Å². The molecule has 0 aliphatic rings. The van der Waals surface area contributed by atoms with Crippen LogP contribution in [0.1, 0.15) is 15.9 Å². The van der Waals surface area contributed by atoms with E-state index < -0.39 is 5.82 Å². The van der Waals surface area contributed by atoms with E-state index in [-0.39, 0.29) is 11.5 Å². The summed E-state index contributed by atoms with van der Waals surface area (Å²) in [6, 6.07) is 9.55. The van der Waals surface area contributed by atoms with Gasteiger partial charge in [-0.15, -0.1) is 0 Å². The van der Waals surface area contributed by atoms with Gasteiger partial charge < -0.3 is 5.32 Å². The number of aryl methyl sites for hydroxylation is 1. The first kappa shape index (κ1) is 11.3. The molecule has 0 fully saturated rings. The number of amides is 1. The smallest absolute Gasteiger partial charge is 0.256 e. The summed E-state index contributed by atoms with van der Waals surface area (Å²) < 4.78 is 13.3. The SMILES string of the molecule is Cc1ccc(C(=O)Nc2ccccn2)cc1F. The lowest BCUT2D eigenvalue weighted by molar-refractivity contribution is 0.102. The van der Waals surface area contributed by atoms with Crippen molar-refractivity contribution in [2.75, 3.05) is 5.32 Å². The number of anilines is 1. The maximum atomic E-state index is 13.3. The fourth-order valence-electron chi connectivity index (χ4n) is 1.36. The van der Waals surface area contributed by atoms with E-state index in [0.717, 1.165) is 0 Å². The lowest BCUT2D eigenvalue weighted by Crippen LogP contribution is -2.13. The van der Waals surface area contributed by atoms with Crippen molar-refractivity contribution in [2.24, 2.45) is 0 Å². The third kappa shape index (κ3) is 2.66. The Hall–Kier alpha value is -2.23. The molecule has 4 heteroatoms. The third-order valence-corrected chi connectivity index (χ3v) is 2.34. The standard InChI is InChI=1S/C13H11FN2O/c1-9-5-6-10(8-11(9)14)13(17)16-12-4-2-3-7-15-12/h2-8H,1H3,(H,15,16,17). The van der Waals surface area contributed by atoms with E-state index in [4.69, 9.17) is 0 Å². The molecule has 0 saturated carbocycles. The average Bonchev–Trinajstić information content (AvgIpc) is 2.34. The maximum absolute atomic E-state index is 13.3. The lowest BCUT2D eigenvalue weighted by atomic mass is 10.1. The number of aromatic nitrogens is 1. The van der Waals surface area contributed by atoms with Gasteiger partial charge in [-0.1, -0.05) is 12.1 Å². The van der Waals surface area contributed by atoms with E-state index in [0.29, 0.717) is 11.4 Å². The molecule has 1 heterocycles. The highest BCUT2D eigenvalue weighted by Crippen LogP contribution is 2.11. The van der Waals surface area contributed by atoms with E-state index in [2.05, 4.69) is 10.3 Å². The monoisotopic (exact) mass is 230 g/mol. The molecule has 3 nitrogen and oxygen atoms in total. The minimum atomic E-state index is -0.390. The van der Waals surface area contributed by atoms with Crippen molar-refractivity contribution in [2.45, 2.75) is 6.92 Å². The zero-order valence-electron chi connectivity index (χ0n) is 9.27. The van der Waals surface area contributed by atoms with Crippen LogP contribution in [0.25, 0.3) is 0 Å². The van der Waals surface area contributed by atoms with Crippen LogP contribution in [0, 0.1) is 12.7 Å². The van der Waals surface area contributed by atoms with Gasteiger partial charge in [0, 0.05) is 11.8 Å². The van der Waals surface area contributed by atoms with Crippen LogP contribution in [0.4, 0.5) is 10.2 Å². The van der Waals surface area contributed by atoms with E-state index in [1.807, 2.05) is 0 Å². The van der Waals surface area contributed by atoms with Crippen LogP contribution in [0.2, 0.25) is 0 Å². The van der Waals surface area contributed by atoms with Gasteiger partial charge in [0.2, 0.25) is 0 Å². The van der Waals surface area contributed by atoms with E-state index in [1.165, 1.54) is 6.07 Å². The lowest BCUT2D eigenvalue weighted by Gasteiger charge is -2.04. The van der Waals surface area contributed by atoms with E-state index in [1.54, 1.807) is 43.5 Å². The quantitative estimate of drug-likeness (QED) is 0.861. The van der Waals surface area contributed by atoms with Crippen LogP contribution in [0.5, 0.6) is 0 Å². The Morgan fingerprint density at radius 1 is 1.29 bits per heavy atom. The second kappa shape index (κ2) is 4.74. The summed E-state index contributed by atoms with van der Waals surface area (Å²) in [4.78, 5) is 15.7. The van der Waals surface area contributed by atoms with E-state index in [9.17, 15) is 9.18 Å². The van der Waals surface area contributed by atoms with Crippen LogP contribution in [0.3, 0.4) is 0 Å². The van der Waals surface area contributed by atoms with Crippen LogP contribution >= 0.6 is 0 Å². The highest BCUT2D eigenvalue weighted by molar-refractivity contribution is 6.03. The topological polar surface area (TPSA) is 42.0 Å². The van der Waals surface area contributed by atoms with Crippen molar-refractivity contribution in [1.82, 2.24) is 4.98 Å². The minimum Gasteiger partial charge on any atom is -0.307 e. The Morgan fingerprint density at radius 3 is 2.76 bits per heavy atom. The summed E-state index contributed by atoms with van der Waals surface area (Å²) >= 11 is 0. The van der Waals surface area contributed by atoms with Gasteiger partial charge >= 0.3 is 0 Å². The Labute approximate surface area is 98.3 Å². The fourth-order valence-corrected chi connectivity index (χ4v) is 1.36. The minimum absolute atomic E-state index is 0.277. The van der Waals surface area contributed by atoms with Crippen LogP contribution in [-0.4, -0.2) is 10.9 Å². The molecule has 0 saturated heterocycles. The van der Waals surface area contributed by atoms with Crippen LogP contribution in [-0.2, 0) is 0 Å².